The molecule has 1 aromatic heterocycles. The highest BCUT2D eigenvalue weighted by molar-refractivity contribution is 6.74. The molecule has 1 amide bonds. The van der Waals surface area contributed by atoms with Gasteiger partial charge in [0.1, 0.15) is 18.1 Å². The van der Waals surface area contributed by atoms with E-state index in [0.717, 1.165) is 31.2 Å². The molecule has 0 atom stereocenters. The van der Waals surface area contributed by atoms with E-state index in [1.54, 1.807) is 18.3 Å². The van der Waals surface area contributed by atoms with Gasteiger partial charge in [-0.15, -0.1) is 0 Å². The van der Waals surface area contributed by atoms with Gasteiger partial charge in [0.25, 0.3) is 5.91 Å². The molecule has 250 valence electrons. The first kappa shape index (κ1) is 36.7. The lowest BCUT2D eigenvalue weighted by Crippen LogP contribution is -2.41. The minimum atomic E-state index is -2.05. The third kappa shape index (κ3) is 9.62. The van der Waals surface area contributed by atoms with Crippen molar-refractivity contribution in [2.75, 3.05) is 26.8 Å². The second-order valence-electron chi connectivity index (χ2n) is 13.1. The summed E-state index contributed by atoms with van der Waals surface area (Å²) in [5.41, 5.74) is 1.95. The van der Waals surface area contributed by atoms with Gasteiger partial charge in [0.15, 0.2) is 8.32 Å². The Morgan fingerprint density at radius 3 is 2.17 bits per heavy atom. The van der Waals surface area contributed by atoms with Crippen LogP contribution in [0, 0.1) is 0 Å². The molecule has 0 aliphatic rings. The maximum absolute atomic E-state index is 13.9. The zero-order valence-electron chi connectivity index (χ0n) is 28.9. The average Bonchev–Trinajstić information content (AvgIpc) is 3.46. The number of unbranched alkanes of at least 4 members (excludes halogenated alkanes) is 2. The zero-order chi connectivity index (χ0) is 33.9. The maximum Gasteiger partial charge on any atom is 0.339 e. The van der Waals surface area contributed by atoms with Crippen molar-refractivity contribution in [3.05, 3.63) is 77.1 Å². The quantitative estimate of drug-likeness (QED) is 0.116. The van der Waals surface area contributed by atoms with Crippen LogP contribution in [0.3, 0.4) is 0 Å². The number of rotatable bonds is 16. The number of esters is 2. The van der Waals surface area contributed by atoms with Crippen LogP contribution in [0.25, 0.3) is 11.4 Å². The van der Waals surface area contributed by atoms with Gasteiger partial charge < -0.3 is 23.4 Å². The predicted molar refractivity (Wildman–Crippen MR) is 183 cm³/mol. The minimum Gasteiger partial charge on any atom is -0.465 e. The highest BCUT2D eigenvalue weighted by Crippen LogP contribution is 2.36. The molecule has 0 N–H and O–H groups in total. The molecule has 2 aromatic carbocycles. The monoisotopic (exact) mass is 649 g/mol. The Kier molecular flexibility index (Phi) is 13.3. The number of nitrogens with zero attached hydrogens (tertiary/aromatic N) is 3. The number of methoxy groups -OCH3 is 1. The Morgan fingerprint density at radius 2 is 1.59 bits per heavy atom. The average molecular weight is 650 g/mol. The summed E-state index contributed by atoms with van der Waals surface area (Å²) >= 11 is 0. The summed E-state index contributed by atoms with van der Waals surface area (Å²) in [4.78, 5) is 46.7. The molecule has 9 nitrogen and oxygen atoms in total. The number of amides is 1. The van der Waals surface area contributed by atoms with Crippen molar-refractivity contribution in [1.82, 2.24) is 14.5 Å². The molecule has 0 aliphatic carbocycles. The van der Waals surface area contributed by atoms with E-state index in [1.807, 2.05) is 39.8 Å². The molecular formula is C36H51N3O6Si. The lowest BCUT2D eigenvalue weighted by molar-refractivity contribution is 0.0473. The van der Waals surface area contributed by atoms with Crippen LogP contribution in [0.2, 0.25) is 18.1 Å². The third-order valence-corrected chi connectivity index (χ3v) is 13.1. The second-order valence-corrected chi connectivity index (χ2v) is 17.9. The van der Waals surface area contributed by atoms with Crippen LogP contribution >= 0.6 is 0 Å². The summed E-state index contributed by atoms with van der Waals surface area (Å²) in [5, 5.41) is 0.0321. The lowest BCUT2D eigenvalue weighted by atomic mass is 10.0. The number of imidazole rings is 1. The molecule has 0 saturated carbocycles. The van der Waals surface area contributed by atoms with Crippen molar-refractivity contribution in [3.63, 3.8) is 0 Å². The predicted octanol–water partition coefficient (Wildman–Crippen LogP) is 7.76. The molecular weight excluding hydrogens is 598 g/mol. The fraction of sp³-hybridized carbons (Fsp3) is 0.500. The van der Waals surface area contributed by atoms with Crippen molar-refractivity contribution in [1.29, 1.82) is 0 Å². The summed E-state index contributed by atoms with van der Waals surface area (Å²) in [5.74, 6) is -0.909. The minimum absolute atomic E-state index is 0.0321. The molecule has 0 spiro atoms. The SMILES string of the molecule is CCCCN(CCCC)C(=O)c1cn(CCO[Si](C)(C)C(C)(C)C)c(-c2ccc(C(=O)OC)cc2C(=O)OCc2ccccc2)n1. The van der Waals surface area contributed by atoms with Crippen molar-refractivity contribution < 1.29 is 28.3 Å². The zero-order valence-corrected chi connectivity index (χ0v) is 29.9. The van der Waals surface area contributed by atoms with E-state index in [2.05, 4.69) is 47.7 Å². The molecule has 0 saturated heterocycles. The highest BCUT2D eigenvalue weighted by Gasteiger charge is 2.37. The first-order valence-corrected chi connectivity index (χ1v) is 19.2. The van der Waals surface area contributed by atoms with Crippen molar-refractivity contribution >= 4 is 26.2 Å². The Balaban J connectivity index is 2.08. The highest BCUT2D eigenvalue weighted by atomic mass is 28.4. The van der Waals surface area contributed by atoms with Crippen LogP contribution in [-0.2, 0) is 27.1 Å². The van der Waals surface area contributed by atoms with Crippen molar-refractivity contribution in [2.24, 2.45) is 0 Å². The van der Waals surface area contributed by atoms with Gasteiger partial charge in [0, 0.05) is 31.4 Å². The molecule has 0 radical (unpaired) electrons. The van der Waals surface area contributed by atoms with Gasteiger partial charge in [-0.25, -0.2) is 14.6 Å². The van der Waals surface area contributed by atoms with Crippen LogP contribution < -0.4 is 0 Å². The standard InChI is InChI=1S/C36H51N3O6Si/c1-9-11-20-38(21-12-10-2)33(40)31-25-39(22-23-45-46(7,8)36(3,4)5)32(37-31)29-19-18-28(34(41)43-6)24-30(29)35(42)44-26-27-16-14-13-15-17-27/h13-19,24-25H,9-12,20-23,26H2,1-8H3. The number of benzene rings is 2. The molecule has 0 bridgehead atoms. The molecule has 0 aliphatic heterocycles. The summed E-state index contributed by atoms with van der Waals surface area (Å²) in [6.45, 7) is 17.4. The van der Waals surface area contributed by atoms with E-state index in [1.165, 1.54) is 13.2 Å². The second kappa shape index (κ2) is 16.7. The van der Waals surface area contributed by atoms with Gasteiger partial charge >= 0.3 is 11.9 Å². The van der Waals surface area contributed by atoms with Gasteiger partial charge in [0.2, 0.25) is 0 Å². The van der Waals surface area contributed by atoms with E-state index in [-0.39, 0.29) is 28.7 Å². The Labute approximate surface area is 275 Å². The van der Waals surface area contributed by atoms with Gasteiger partial charge in [-0.2, -0.15) is 0 Å². The third-order valence-electron chi connectivity index (χ3n) is 8.56. The summed E-state index contributed by atoms with van der Waals surface area (Å²) in [6.07, 6.45) is 5.50. The number of aromatic nitrogens is 2. The fourth-order valence-corrected chi connectivity index (χ4v) is 5.68. The normalized spacial score (nSPS) is 11.7. The number of carbonyl (C=O) groups excluding carboxylic acids is 3. The van der Waals surface area contributed by atoms with Crippen LogP contribution in [0.1, 0.15) is 97.1 Å². The lowest BCUT2D eigenvalue weighted by Gasteiger charge is -2.36. The van der Waals surface area contributed by atoms with Gasteiger partial charge in [-0.05, 0) is 54.7 Å². The number of hydrogen-bond donors (Lipinski definition) is 0. The molecule has 10 heteroatoms. The van der Waals surface area contributed by atoms with E-state index in [4.69, 9.17) is 18.9 Å². The maximum atomic E-state index is 13.9. The van der Waals surface area contributed by atoms with Crippen LogP contribution in [0.4, 0.5) is 0 Å². The molecule has 1 heterocycles. The van der Waals surface area contributed by atoms with Crippen molar-refractivity contribution in [3.8, 4) is 11.4 Å². The van der Waals surface area contributed by atoms with E-state index in [0.29, 0.717) is 43.3 Å². The van der Waals surface area contributed by atoms with Gasteiger partial charge in [-0.1, -0.05) is 77.8 Å². The molecule has 3 aromatic rings. The Morgan fingerprint density at radius 1 is 0.935 bits per heavy atom. The Hall–Kier alpha value is -3.76. The number of hydrogen-bond acceptors (Lipinski definition) is 7. The topological polar surface area (TPSA) is 100.0 Å². The number of carbonyl (C=O) groups is 3. The fourth-order valence-electron chi connectivity index (χ4n) is 4.65. The van der Waals surface area contributed by atoms with Crippen LogP contribution in [0.15, 0.2) is 54.7 Å². The summed E-state index contributed by atoms with van der Waals surface area (Å²) in [6, 6.07) is 14.1. The van der Waals surface area contributed by atoms with E-state index in [9.17, 15) is 14.4 Å². The van der Waals surface area contributed by atoms with Gasteiger partial charge in [0.05, 0.1) is 24.8 Å². The molecule has 3 rings (SSSR count). The Bertz CT molecular complexity index is 1450. The van der Waals surface area contributed by atoms with Crippen LogP contribution in [-0.4, -0.2) is 67.4 Å². The van der Waals surface area contributed by atoms with Gasteiger partial charge in [-0.3, -0.25) is 4.79 Å². The van der Waals surface area contributed by atoms with Crippen molar-refractivity contribution in [2.45, 2.75) is 91.6 Å². The first-order valence-electron chi connectivity index (χ1n) is 16.3. The molecule has 46 heavy (non-hydrogen) atoms. The summed E-state index contributed by atoms with van der Waals surface area (Å²) in [7, 11) is -0.758. The smallest absolute Gasteiger partial charge is 0.339 e. The van der Waals surface area contributed by atoms with Crippen LogP contribution in [0.5, 0.6) is 0 Å². The largest absolute Gasteiger partial charge is 0.465 e. The number of ether oxygens (including phenoxy) is 2. The van der Waals surface area contributed by atoms with E-state index >= 15 is 0 Å². The molecule has 0 fully saturated rings. The first-order chi connectivity index (χ1) is 21.8. The molecule has 0 unspecified atom stereocenters. The van der Waals surface area contributed by atoms with E-state index < -0.39 is 20.3 Å². The summed E-state index contributed by atoms with van der Waals surface area (Å²) < 4.78 is 19.0.